The molecule has 0 unspecified atom stereocenters. The molecule has 3 N–H and O–H groups in total. The van der Waals surface area contributed by atoms with Crippen LogP contribution in [0.2, 0.25) is 0 Å². The Bertz CT molecular complexity index is 1030. The lowest BCUT2D eigenvalue weighted by atomic mass is 10.1. The lowest BCUT2D eigenvalue weighted by molar-refractivity contribution is 0.0996. The van der Waals surface area contributed by atoms with Crippen molar-refractivity contribution >= 4 is 17.5 Å². The molecule has 27 heavy (non-hydrogen) atoms. The van der Waals surface area contributed by atoms with Gasteiger partial charge in [0.25, 0.3) is 5.91 Å². The van der Waals surface area contributed by atoms with Gasteiger partial charge < -0.3 is 15.8 Å². The van der Waals surface area contributed by atoms with Crippen molar-refractivity contribution in [1.82, 2.24) is 9.97 Å². The van der Waals surface area contributed by atoms with Gasteiger partial charge in [0.1, 0.15) is 11.4 Å². The molecule has 142 valence electrons. The van der Waals surface area contributed by atoms with Gasteiger partial charge in [-0.3, -0.25) is 14.6 Å². The normalized spacial score (nSPS) is 10.3. The van der Waals surface area contributed by atoms with Crippen molar-refractivity contribution in [2.24, 2.45) is 5.73 Å². The third-order valence-electron chi connectivity index (χ3n) is 3.97. The zero-order valence-electron chi connectivity index (χ0n) is 14.9. The second kappa shape index (κ2) is 7.65. The van der Waals surface area contributed by atoms with E-state index in [1.165, 1.54) is 7.11 Å². The lowest BCUT2D eigenvalue weighted by Gasteiger charge is -2.11. The first-order chi connectivity index (χ1) is 13.0. The van der Waals surface area contributed by atoms with Crippen molar-refractivity contribution in [3.8, 4) is 17.0 Å². The molecule has 1 heterocycles. The molecular weight excluding hydrogens is 344 g/mol. The number of rotatable bonds is 5. The highest BCUT2D eigenvalue weighted by molar-refractivity contribution is 6.04. The third kappa shape index (κ3) is 3.92. The minimum atomic E-state index is -0.536. The Balaban J connectivity index is 0.00000280. The number of ether oxygens (including phenoxy) is 1. The molecule has 0 saturated heterocycles. The van der Waals surface area contributed by atoms with Crippen LogP contribution >= 0.6 is 0 Å². The van der Waals surface area contributed by atoms with Crippen molar-refractivity contribution in [1.29, 1.82) is 0 Å². The minimum Gasteiger partial charge on any atom is -0.495 e. The van der Waals surface area contributed by atoms with Crippen LogP contribution in [0, 0.1) is 6.92 Å². The second-order valence-electron chi connectivity index (χ2n) is 5.79. The molecule has 0 atom stereocenters. The topological polar surface area (TPSA) is 107 Å². The number of primary amides is 1. The van der Waals surface area contributed by atoms with Crippen LogP contribution in [0.5, 0.6) is 5.75 Å². The maximum atomic E-state index is 12.7. The van der Waals surface area contributed by atoms with Crippen molar-refractivity contribution in [3.63, 3.8) is 0 Å². The Morgan fingerprint density at radius 2 is 1.93 bits per heavy atom. The molecule has 0 radical (unpaired) electrons. The fraction of sp³-hybridized carbons (Fsp3) is 0.100. The molecule has 7 heteroatoms. The van der Waals surface area contributed by atoms with Gasteiger partial charge in [-0.2, -0.15) is 0 Å². The monoisotopic (exact) mass is 368 g/mol. The minimum absolute atomic E-state index is 0. The van der Waals surface area contributed by atoms with E-state index in [-0.39, 0.29) is 9.97 Å². The molecule has 3 rings (SSSR count). The quantitative estimate of drug-likeness (QED) is 0.716. The standard InChI is InChI=1S/C20H18N4O3.3H2/c1-12-18(20(26)24-15-8-3-4-9-17(15)27-2)23-16(11-22-12)13-6-5-7-14(10-13)19(21)25;;;/h3-11H,1-2H3,(H2,21,25)(H,24,26);3*1H. The van der Waals surface area contributed by atoms with Gasteiger partial charge in [-0.25, -0.2) is 4.98 Å². The number of methoxy groups -OCH3 is 1. The van der Waals surface area contributed by atoms with Crippen molar-refractivity contribution in [2.75, 3.05) is 12.4 Å². The van der Waals surface area contributed by atoms with Gasteiger partial charge in [0.2, 0.25) is 5.91 Å². The molecule has 0 bridgehead atoms. The molecule has 0 aliphatic rings. The Morgan fingerprint density at radius 3 is 2.67 bits per heavy atom. The number of benzene rings is 2. The summed E-state index contributed by atoms with van der Waals surface area (Å²) in [5, 5.41) is 2.79. The van der Waals surface area contributed by atoms with Crippen molar-refractivity contribution in [2.45, 2.75) is 6.92 Å². The van der Waals surface area contributed by atoms with E-state index in [9.17, 15) is 9.59 Å². The Kier molecular flexibility index (Phi) is 5.12. The summed E-state index contributed by atoms with van der Waals surface area (Å²) in [6, 6.07) is 13.8. The number of carbonyl (C=O) groups is 2. The number of hydrogen-bond acceptors (Lipinski definition) is 5. The van der Waals surface area contributed by atoms with Crippen LogP contribution in [0.15, 0.2) is 54.7 Å². The second-order valence-corrected chi connectivity index (χ2v) is 5.79. The van der Waals surface area contributed by atoms with E-state index in [0.29, 0.717) is 34.0 Å². The predicted octanol–water partition coefficient (Wildman–Crippen LogP) is 3.55. The summed E-state index contributed by atoms with van der Waals surface area (Å²) >= 11 is 0. The Hall–Kier alpha value is -3.74. The molecule has 0 spiro atoms. The van der Waals surface area contributed by atoms with Crippen LogP contribution in [0.25, 0.3) is 11.3 Å². The summed E-state index contributed by atoms with van der Waals surface area (Å²) in [6.45, 7) is 1.70. The van der Waals surface area contributed by atoms with E-state index in [1.54, 1.807) is 55.6 Å². The summed E-state index contributed by atoms with van der Waals surface area (Å²) in [4.78, 5) is 32.8. The van der Waals surface area contributed by atoms with E-state index < -0.39 is 11.8 Å². The lowest BCUT2D eigenvalue weighted by Crippen LogP contribution is -2.17. The molecule has 0 saturated carbocycles. The third-order valence-corrected chi connectivity index (χ3v) is 3.97. The molecule has 2 amide bonds. The number of amides is 2. The van der Waals surface area contributed by atoms with Crippen LogP contribution in [0.1, 0.15) is 30.8 Å². The van der Waals surface area contributed by atoms with E-state index in [1.807, 2.05) is 6.07 Å². The zero-order valence-corrected chi connectivity index (χ0v) is 14.9. The fourth-order valence-electron chi connectivity index (χ4n) is 2.56. The van der Waals surface area contributed by atoms with Gasteiger partial charge in [0.15, 0.2) is 0 Å². The van der Waals surface area contributed by atoms with Crippen LogP contribution in [-0.2, 0) is 0 Å². The van der Waals surface area contributed by atoms with E-state index >= 15 is 0 Å². The first-order valence-electron chi connectivity index (χ1n) is 8.18. The molecule has 0 fully saturated rings. The smallest absolute Gasteiger partial charge is 0.276 e. The average Bonchev–Trinajstić information content (AvgIpc) is 2.68. The van der Waals surface area contributed by atoms with Crippen molar-refractivity contribution < 1.29 is 18.6 Å². The molecule has 7 nitrogen and oxygen atoms in total. The first-order valence-corrected chi connectivity index (χ1v) is 8.18. The maximum absolute atomic E-state index is 12.7. The molecule has 2 aromatic carbocycles. The summed E-state index contributed by atoms with van der Waals surface area (Å²) in [5.41, 5.74) is 7.99. The number of para-hydroxylation sites is 2. The van der Waals surface area contributed by atoms with E-state index in [0.717, 1.165) is 0 Å². The zero-order chi connectivity index (χ0) is 19.4. The van der Waals surface area contributed by atoms with Crippen LogP contribution in [0.4, 0.5) is 5.69 Å². The molecule has 3 aromatic rings. The Labute approximate surface area is 160 Å². The number of nitrogens with zero attached hydrogens (tertiary/aromatic N) is 2. The van der Waals surface area contributed by atoms with Crippen LogP contribution in [-0.4, -0.2) is 28.9 Å². The highest BCUT2D eigenvalue weighted by Crippen LogP contribution is 2.24. The molecular formula is C20H24N4O3. The number of nitrogens with one attached hydrogen (secondary N) is 1. The number of anilines is 1. The summed E-state index contributed by atoms with van der Waals surface area (Å²) in [5.74, 6) is -0.398. The SMILES string of the molecule is COc1ccccc1NC(=O)c1nc(-c2cccc(C(N)=O)c2)cnc1C.[HH].[HH].[HH]. The number of nitrogens with two attached hydrogens (primary N) is 1. The van der Waals surface area contributed by atoms with Crippen molar-refractivity contribution in [3.05, 3.63) is 71.7 Å². The van der Waals surface area contributed by atoms with Gasteiger partial charge in [-0.15, -0.1) is 0 Å². The summed E-state index contributed by atoms with van der Waals surface area (Å²) in [6.07, 6.45) is 1.55. The van der Waals surface area contributed by atoms with Crippen LogP contribution < -0.4 is 15.8 Å². The number of carbonyl (C=O) groups excluding carboxylic acids is 2. The molecule has 0 aliphatic heterocycles. The largest absolute Gasteiger partial charge is 0.495 e. The Morgan fingerprint density at radius 1 is 1.15 bits per heavy atom. The fourth-order valence-corrected chi connectivity index (χ4v) is 2.56. The van der Waals surface area contributed by atoms with Gasteiger partial charge >= 0.3 is 0 Å². The average molecular weight is 368 g/mol. The van der Waals surface area contributed by atoms with Gasteiger partial charge in [0, 0.05) is 15.4 Å². The summed E-state index contributed by atoms with van der Waals surface area (Å²) in [7, 11) is 1.53. The highest BCUT2D eigenvalue weighted by Gasteiger charge is 2.16. The van der Waals surface area contributed by atoms with Gasteiger partial charge in [-0.05, 0) is 31.2 Å². The predicted molar refractivity (Wildman–Crippen MR) is 108 cm³/mol. The van der Waals surface area contributed by atoms with Crippen LogP contribution in [0.3, 0.4) is 0 Å². The molecule has 1 aromatic heterocycles. The number of aryl methyl sites for hydroxylation is 1. The summed E-state index contributed by atoms with van der Waals surface area (Å²) < 4.78 is 5.25. The van der Waals surface area contributed by atoms with Gasteiger partial charge in [0.05, 0.1) is 30.4 Å². The van der Waals surface area contributed by atoms with E-state index in [4.69, 9.17) is 10.5 Å². The number of aromatic nitrogens is 2. The van der Waals surface area contributed by atoms with E-state index in [2.05, 4.69) is 15.3 Å². The number of hydrogen-bond donors (Lipinski definition) is 2. The maximum Gasteiger partial charge on any atom is 0.276 e. The first kappa shape index (κ1) is 18.1. The van der Waals surface area contributed by atoms with Gasteiger partial charge in [-0.1, -0.05) is 24.3 Å². The molecule has 0 aliphatic carbocycles. The highest BCUT2D eigenvalue weighted by atomic mass is 16.5.